The van der Waals surface area contributed by atoms with Crippen molar-refractivity contribution >= 4 is 11.9 Å². The predicted molar refractivity (Wildman–Crippen MR) is 74.1 cm³/mol. The maximum Gasteiger partial charge on any atom is 0.396 e. The molecular weight excluding hydrogens is 315 g/mol. The average molecular weight is 333 g/mol. The van der Waals surface area contributed by atoms with Crippen LogP contribution < -0.4 is 5.32 Å². The number of amides is 1. The fourth-order valence-corrected chi connectivity index (χ4v) is 2.85. The number of hydrogen-bond acceptors (Lipinski definition) is 3. The van der Waals surface area contributed by atoms with Gasteiger partial charge >= 0.3 is 12.1 Å². The van der Waals surface area contributed by atoms with Crippen LogP contribution in [0.4, 0.5) is 13.2 Å². The van der Waals surface area contributed by atoms with Crippen molar-refractivity contribution < 1.29 is 27.9 Å². The third kappa shape index (κ3) is 3.83. The van der Waals surface area contributed by atoms with E-state index in [0.29, 0.717) is 12.8 Å². The van der Waals surface area contributed by atoms with E-state index >= 15 is 0 Å². The first-order valence-corrected chi connectivity index (χ1v) is 7.39. The van der Waals surface area contributed by atoms with Crippen molar-refractivity contribution in [2.75, 3.05) is 6.54 Å². The molecule has 3 N–H and O–H groups in total. The molecule has 23 heavy (non-hydrogen) atoms. The van der Waals surface area contributed by atoms with Gasteiger partial charge in [-0.15, -0.1) is 0 Å². The topological polar surface area (TPSA) is 95.1 Å². The maximum atomic E-state index is 13.5. The normalized spacial score (nSPS) is 18.2. The summed E-state index contributed by atoms with van der Waals surface area (Å²) in [4.78, 5) is 22.6. The van der Waals surface area contributed by atoms with E-state index in [2.05, 4.69) is 15.5 Å². The molecule has 1 aromatic heterocycles. The Morgan fingerprint density at radius 1 is 1.26 bits per heavy atom. The Hall–Kier alpha value is -2.06. The van der Waals surface area contributed by atoms with E-state index < -0.39 is 30.0 Å². The van der Waals surface area contributed by atoms with Gasteiger partial charge in [0, 0.05) is 12.6 Å². The molecule has 1 aromatic rings. The molecule has 1 heterocycles. The van der Waals surface area contributed by atoms with Gasteiger partial charge in [0.05, 0.1) is 5.41 Å². The van der Waals surface area contributed by atoms with Crippen molar-refractivity contribution in [2.45, 2.75) is 44.7 Å². The quantitative estimate of drug-likeness (QED) is 0.738. The third-order valence-electron chi connectivity index (χ3n) is 4.29. The molecule has 0 unspecified atom stereocenters. The number of aromatic amines is 1. The van der Waals surface area contributed by atoms with Gasteiger partial charge in [-0.1, -0.05) is 25.7 Å². The van der Waals surface area contributed by atoms with Crippen LogP contribution in [0.3, 0.4) is 0 Å². The zero-order valence-electron chi connectivity index (χ0n) is 12.4. The minimum atomic E-state index is -4.40. The number of halogens is 3. The van der Waals surface area contributed by atoms with Gasteiger partial charge in [-0.25, -0.2) is 4.79 Å². The van der Waals surface area contributed by atoms with Gasteiger partial charge in [-0.3, -0.25) is 9.89 Å². The Balaban J connectivity index is 2.08. The summed E-state index contributed by atoms with van der Waals surface area (Å²) in [5.74, 6) is -2.12. The molecule has 0 atom stereocenters. The maximum absolute atomic E-state index is 13.5. The van der Waals surface area contributed by atoms with E-state index in [9.17, 15) is 22.8 Å². The average Bonchev–Trinajstić information content (AvgIpc) is 2.83. The molecule has 1 aliphatic carbocycles. The van der Waals surface area contributed by atoms with Crippen LogP contribution in [0.15, 0.2) is 6.07 Å². The number of alkyl halides is 3. The molecular formula is C14H18F3N3O3. The van der Waals surface area contributed by atoms with Crippen molar-refractivity contribution in [1.82, 2.24) is 15.5 Å². The zero-order chi connectivity index (χ0) is 17.1. The minimum absolute atomic E-state index is 0.0161. The summed E-state index contributed by atoms with van der Waals surface area (Å²) in [6.45, 7) is -0.523. The number of hydrogen-bond donors (Lipinski definition) is 3. The molecule has 1 fully saturated rings. The highest BCUT2D eigenvalue weighted by molar-refractivity contribution is 5.95. The highest BCUT2D eigenvalue weighted by atomic mass is 19.4. The van der Waals surface area contributed by atoms with Gasteiger partial charge in [0.15, 0.2) is 5.69 Å². The highest BCUT2D eigenvalue weighted by Crippen LogP contribution is 2.47. The van der Waals surface area contributed by atoms with Gasteiger partial charge in [-0.2, -0.15) is 18.3 Å². The molecule has 128 valence electrons. The smallest absolute Gasteiger partial charge is 0.396 e. The Labute approximate surface area is 130 Å². The Morgan fingerprint density at radius 2 is 1.87 bits per heavy atom. The second-order valence-electron chi connectivity index (χ2n) is 5.85. The van der Waals surface area contributed by atoms with E-state index in [0.717, 1.165) is 18.9 Å². The molecule has 1 saturated carbocycles. The van der Waals surface area contributed by atoms with Crippen LogP contribution in [0.25, 0.3) is 0 Å². The number of carboxylic acid groups (broad SMARTS) is 1. The van der Waals surface area contributed by atoms with Crippen LogP contribution in [-0.4, -0.2) is 39.9 Å². The lowest BCUT2D eigenvalue weighted by molar-refractivity contribution is -0.226. The molecule has 0 radical (unpaired) electrons. The van der Waals surface area contributed by atoms with Crippen molar-refractivity contribution in [3.05, 3.63) is 17.5 Å². The Kier molecular flexibility index (Phi) is 4.96. The summed E-state index contributed by atoms with van der Waals surface area (Å²) in [5.41, 5.74) is -2.46. The van der Waals surface area contributed by atoms with E-state index in [1.54, 1.807) is 0 Å². The van der Waals surface area contributed by atoms with Crippen molar-refractivity contribution in [1.29, 1.82) is 0 Å². The molecule has 0 aromatic carbocycles. The van der Waals surface area contributed by atoms with Crippen molar-refractivity contribution in [3.8, 4) is 0 Å². The van der Waals surface area contributed by atoms with Gasteiger partial charge in [0.25, 0.3) is 5.91 Å². The summed E-state index contributed by atoms with van der Waals surface area (Å²) in [7, 11) is 0. The largest absolute Gasteiger partial charge is 0.477 e. The lowest BCUT2D eigenvalue weighted by Crippen LogP contribution is -2.47. The standard InChI is InChI=1S/C14H18F3N3O3/c15-14(16,17)13(5-3-1-2-4-6-13)8-18-11(21)9-7-10(12(22)23)20-19-9/h7H,1-6,8H2,(H,18,21)(H,19,20)(H,22,23). The van der Waals surface area contributed by atoms with Crippen LogP contribution in [0, 0.1) is 5.41 Å². The van der Waals surface area contributed by atoms with Crippen LogP contribution in [-0.2, 0) is 0 Å². The number of nitrogens with zero attached hydrogens (tertiary/aromatic N) is 1. The number of aromatic nitrogens is 2. The number of rotatable bonds is 4. The molecule has 0 saturated heterocycles. The minimum Gasteiger partial charge on any atom is -0.477 e. The first-order valence-electron chi connectivity index (χ1n) is 7.39. The van der Waals surface area contributed by atoms with Crippen LogP contribution in [0.5, 0.6) is 0 Å². The van der Waals surface area contributed by atoms with E-state index in [1.807, 2.05) is 0 Å². The van der Waals surface area contributed by atoms with Gasteiger partial charge in [0.2, 0.25) is 0 Å². The van der Waals surface area contributed by atoms with Crippen LogP contribution in [0.1, 0.15) is 59.5 Å². The van der Waals surface area contributed by atoms with Crippen molar-refractivity contribution in [3.63, 3.8) is 0 Å². The number of H-pyrrole nitrogens is 1. The fourth-order valence-electron chi connectivity index (χ4n) is 2.85. The lowest BCUT2D eigenvalue weighted by Gasteiger charge is -2.35. The fraction of sp³-hybridized carbons (Fsp3) is 0.643. The molecule has 9 heteroatoms. The Morgan fingerprint density at radius 3 is 2.35 bits per heavy atom. The summed E-state index contributed by atoms with van der Waals surface area (Å²) >= 11 is 0. The number of aromatic carboxylic acids is 1. The third-order valence-corrected chi connectivity index (χ3v) is 4.29. The molecule has 0 aliphatic heterocycles. The zero-order valence-corrected chi connectivity index (χ0v) is 12.4. The Bertz CT molecular complexity index is 575. The molecule has 6 nitrogen and oxygen atoms in total. The van der Waals surface area contributed by atoms with E-state index in [4.69, 9.17) is 5.11 Å². The summed E-state index contributed by atoms with van der Waals surface area (Å²) in [5, 5.41) is 16.6. The molecule has 0 spiro atoms. The number of carbonyl (C=O) groups is 2. The summed E-state index contributed by atoms with van der Waals surface area (Å²) in [6.07, 6.45) is -1.97. The van der Waals surface area contributed by atoms with Gasteiger partial charge in [-0.05, 0) is 12.8 Å². The molecule has 2 rings (SSSR count). The van der Waals surface area contributed by atoms with E-state index in [-0.39, 0.29) is 24.2 Å². The first-order chi connectivity index (χ1) is 10.8. The van der Waals surface area contributed by atoms with Crippen LogP contribution in [0.2, 0.25) is 0 Å². The SMILES string of the molecule is O=C(NCC1(C(F)(F)F)CCCCCC1)c1cc(C(=O)O)[nH]n1. The number of nitrogens with one attached hydrogen (secondary N) is 2. The molecule has 1 aliphatic rings. The summed E-state index contributed by atoms with van der Waals surface area (Å²) in [6, 6.07) is 0.991. The summed E-state index contributed by atoms with van der Waals surface area (Å²) < 4.78 is 40.5. The van der Waals surface area contributed by atoms with E-state index in [1.165, 1.54) is 0 Å². The lowest BCUT2D eigenvalue weighted by atomic mass is 9.79. The number of carboxylic acids is 1. The van der Waals surface area contributed by atoms with Crippen LogP contribution >= 0.6 is 0 Å². The predicted octanol–water partition coefficient (Wildman–Crippen LogP) is 2.74. The molecule has 1 amide bonds. The van der Waals surface area contributed by atoms with Crippen molar-refractivity contribution in [2.24, 2.45) is 5.41 Å². The first kappa shape index (κ1) is 17.3. The number of carbonyl (C=O) groups excluding carboxylic acids is 1. The molecule has 0 bridgehead atoms. The highest BCUT2D eigenvalue weighted by Gasteiger charge is 2.54. The monoisotopic (exact) mass is 333 g/mol. The second-order valence-corrected chi connectivity index (χ2v) is 5.85. The van der Waals surface area contributed by atoms with Gasteiger partial charge in [0.1, 0.15) is 5.69 Å². The van der Waals surface area contributed by atoms with Gasteiger partial charge < -0.3 is 10.4 Å². The second kappa shape index (κ2) is 6.59.